The zero-order valence-electron chi connectivity index (χ0n) is 22.1. The van der Waals surface area contributed by atoms with Crippen LogP contribution in [0.15, 0.2) is 35.9 Å². The number of halogens is 1. The lowest BCUT2D eigenvalue weighted by Gasteiger charge is -2.27. The summed E-state index contributed by atoms with van der Waals surface area (Å²) in [5.74, 6) is 1.21. The van der Waals surface area contributed by atoms with Crippen LogP contribution in [0.1, 0.15) is 42.1 Å². The van der Waals surface area contributed by atoms with Crippen molar-refractivity contribution in [3.05, 3.63) is 52.8 Å². The van der Waals surface area contributed by atoms with Crippen LogP contribution >= 0.6 is 0 Å². The molecule has 2 aromatic carbocycles. The summed E-state index contributed by atoms with van der Waals surface area (Å²) in [7, 11) is 8.20. The molecule has 1 aliphatic heterocycles. The number of benzene rings is 2. The standard InChI is InChI=1S/C28H37FN2O5/c1-19(14-20-9-10-23(33-3)17-24(20)29)18-31(13-11-22-8-7-12-30(22)2)28(32)21-15-25(34-4)27(36-6)26(16-21)35-5/h9-10,14-17,22H,7-8,11-13,18H2,1-6H3/b19-14+. The van der Waals surface area contributed by atoms with E-state index in [1.54, 1.807) is 35.2 Å². The topological polar surface area (TPSA) is 60.5 Å². The fraction of sp³-hybridized carbons (Fsp3) is 0.464. The highest BCUT2D eigenvalue weighted by Crippen LogP contribution is 2.38. The van der Waals surface area contributed by atoms with Crippen LogP contribution in [-0.4, -0.2) is 76.9 Å². The first kappa shape index (κ1) is 27.3. The van der Waals surface area contributed by atoms with Crippen molar-refractivity contribution in [2.75, 3.05) is 55.1 Å². The van der Waals surface area contributed by atoms with Crippen LogP contribution in [0.2, 0.25) is 0 Å². The molecule has 1 unspecified atom stereocenters. The monoisotopic (exact) mass is 500 g/mol. The van der Waals surface area contributed by atoms with Gasteiger partial charge in [0.25, 0.3) is 5.91 Å². The molecule has 1 aliphatic rings. The van der Waals surface area contributed by atoms with Gasteiger partial charge in [0.2, 0.25) is 5.75 Å². The van der Waals surface area contributed by atoms with E-state index in [-0.39, 0.29) is 11.7 Å². The number of nitrogens with zero attached hydrogens (tertiary/aromatic N) is 2. The zero-order valence-corrected chi connectivity index (χ0v) is 22.1. The molecule has 0 radical (unpaired) electrons. The highest BCUT2D eigenvalue weighted by molar-refractivity contribution is 5.96. The summed E-state index contributed by atoms with van der Waals surface area (Å²) in [6.07, 6.45) is 4.91. The average molecular weight is 501 g/mol. The van der Waals surface area contributed by atoms with Crippen molar-refractivity contribution >= 4 is 12.0 Å². The molecule has 2 aromatic rings. The smallest absolute Gasteiger partial charge is 0.254 e. The number of likely N-dealkylation sites (tertiary alicyclic amines) is 1. The van der Waals surface area contributed by atoms with E-state index in [9.17, 15) is 9.18 Å². The van der Waals surface area contributed by atoms with E-state index in [2.05, 4.69) is 11.9 Å². The van der Waals surface area contributed by atoms with Crippen LogP contribution in [0.3, 0.4) is 0 Å². The van der Waals surface area contributed by atoms with Gasteiger partial charge in [-0.1, -0.05) is 11.6 Å². The highest BCUT2D eigenvalue weighted by atomic mass is 19.1. The van der Waals surface area contributed by atoms with Gasteiger partial charge in [0.15, 0.2) is 11.5 Å². The predicted octanol–water partition coefficient (Wildman–Crippen LogP) is 4.89. The van der Waals surface area contributed by atoms with Gasteiger partial charge in [0.1, 0.15) is 11.6 Å². The Morgan fingerprint density at radius 3 is 2.31 bits per heavy atom. The number of carbonyl (C=O) groups excluding carboxylic acids is 1. The summed E-state index contributed by atoms with van der Waals surface area (Å²) in [4.78, 5) is 17.9. The SMILES string of the molecule is COc1ccc(/C=C(\C)CN(CCC2CCCN2C)C(=O)c2cc(OC)c(OC)c(OC)c2)c(F)c1. The van der Waals surface area contributed by atoms with Crippen molar-refractivity contribution in [1.82, 2.24) is 9.80 Å². The number of hydrogen-bond donors (Lipinski definition) is 0. The van der Waals surface area contributed by atoms with Gasteiger partial charge in [-0.25, -0.2) is 4.39 Å². The molecule has 1 atom stereocenters. The summed E-state index contributed by atoms with van der Waals surface area (Å²) in [5.41, 5.74) is 1.75. The minimum absolute atomic E-state index is 0.155. The molecule has 1 amide bonds. The maximum atomic E-state index is 14.5. The lowest BCUT2D eigenvalue weighted by molar-refractivity contribution is 0.0757. The Labute approximate surface area is 213 Å². The van der Waals surface area contributed by atoms with Crippen molar-refractivity contribution in [3.63, 3.8) is 0 Å². The van der Waals surface area contributed by atoms with E-state index < -0.39 is 0 Å². The van der Waals surface area contributed by atoms with Crippen LogP contribution in [0.4, 0.5) is 4.39 Å². The van der Waals surface area contributed by atoms with E-state index in [0.29, 0.717) is 53.3 Å². The number of carbonyl (C=O) groups is 1. The first-order chi connectivity index (χ1) is 17.3. The molecule has 8 heteroatoms. The number of amides is 1. The van der Waals surface area contributed by atoms with Crippen molar-refractivity contribution in [2.24, 2.45) is 0 Å². The molecule has 7 nitrogen and oxygen atoms in total. The van der Waals surface area contributed by atoms with Crippen LogP contribution in [0.5, 0.6) is 23.0 Å². The van der Waals surface area contributed by atoms with Gasteiger partial charge in [0.05, 0.1) is 28.4 Å². The fourth-order valence-electron chi connectivity index (χ4n) is 4.65. The predicted molar refractivity (Wildman–Crippen MR) is 139 cm³/mol. The summed E-state index contributed by atoms with van der Waals surface area (Å²) in [5, 5.41) is 0. The molecular weight excluding hydrogens is 463 g/mol. The Bertz CT molecular complexity index is 1060. The summed E-state index contributed by atoms with van der Waals surface area (Å²) in [6, 6.07) is 8.52. The van der Waals surface area contributed by atoms with Crippen LogP contribution in [-0.2, 0) is 0 Å². The molecule has 196 valence electrons. The quantitative estimate of drug-likeness (QED) is 0.438. The zero-order chi connectivity index (χ0) is 26.2. The van der Waals surface area contributed by atoms with Gasteiger partial charge in [0, 0.05) is 36.3 Å². The third-order valence-corrected chi connectivity index (χ3v) is 6.65. The minimum Gasteiger partial charge on any atom is -0.497 e. The van der Waals surface area contributed by atoms with Gasteiger partial charge < -0.3 is 28.7 Å². The number of ether oxygens (including phenoxy) is 4. The van der Waals surface area contributed by atoms with Crippen molar-refractivity contribution in [2.45, 2.75) is 32.2 Å². The second-order valence-corrected chi connectivity index (χ2v) is 9.08. The Morgan fingerprint density at radius 1 is 1.08 bits per heavy atom. The van der Waals surface area contributed by atoms with Crippen LogP contribution in [0, 0.1) is 5.82 Å². The van der Waals surface area contributed by atoms with Crippen molar-refractivity contribution in [3.8, 4) is 23.0 Å². The molecule has 1 fully saturated rings. The van der Waals surface area contributed by atoms with E-state index >= 15 is 0 Å². The van der Waals surface area contributed by atoms with Crippen molar-refractivity contribution in [1.29, 1.82) is 0 Å². The highest BCUT2D eigenvalue weighted by Gasteiger charge is 2.25. The largest absolute Gasteiger partial charge is 0.497 e. The van der Waals surface area contributed by atoms with Gasteiger partial charge in [-0.2, -0.15) is 0 Å². The molecule has 36 heavy (non-hydrogen) atoms. The maximum Gasteiger partial charge on any atom is 0.254 e. The molecule has 0 N–H and O–H groups in total. The fourth-order valence-corrected chi connectivity index (χ4v) is 4.65. The first-order valence-electron chi connectivity index (χ1n) is 12.1. The average Bonchev–Trinajstić information content (AvgIpc) is 3.30. The van der Waals surface area contributed by atoms with Crippen molar-refractivity contribution < 1.29 is 28.1 Å². The third-order valence-electron chi connectivity index (χ3n) is 6.65. The first-order valence-corrected chi connectivity index (χ1v) is 12.1. The Morgan fingerprint density at radius 2 is 1.78 bits per heavy atom. The molecule has 0 aliphatic carbocycles. The van der Waals surface area contributed by atoms with E-state index in [4.69, 9.17) is 18.9 Å². The number of methoxy groups -OCH3 is 4. The second kappa shape index (κ2) is 12.6. The molecule has 1 heterocycles. The van der Waals surface area contributed by atoms with Gasteiger partial charge in [-0.15, -0.1) is 0 Å². The Balaban J connectivity index is 1.89. The lowest BCUT2D eigenvalue weighted by Crippen LogP contribution is -2.37. The number of hydrogen-bond acceptors (Lipinski definition) is 6. The molecule has 1 saturated heterocycles. The molecule has 0 aromatic heterocycles. The summed E-state index contributed by atoms with van der Waals surface area (Å²) >= 11 is 0. The Hall–Kier alpha value is -3.26. The van der Waals surface area contributed by atoms with Gasteiger partial charge in [-0.3, -0.25) is 4.79 Å². The van der Waals surface area contributed by atoms with Gasteiger partial charge in [-0.05, 0) is 64.0 Å². The molecule has 3 rings (SSSR count). The third kappa shape index (κ3) is 6.49. The van der Waals surface area contributed by atoms with E-state index in [0.717, 1.165) is 31.4 Å². The van der Waals surface area contributed by atoms with Crippen LogP contribution < -0.4 is 18.9 Å². The molecule has 0 spiro atoms. The van der Waals surface area contributed by atoms with E-state index in [1.165, 1.54) is 34.5 Å². The maximum absolute atomic E-state index is 14.5. The van der Waals surface area contributed by atoms with E-state index in [1.807, 2.05) is 6.92 Å². The summed E-state index contributed by atoms with van der Waals surface area (Å²) in [6.45, 7) is 3.90. The number of rotatable bonds is 11. The Kier molecular flexibility index (Phi) is 9.58. The van der Waals surface area contributed by atoms with Crippen LogP contribution in [0.25, 0.3) is 6.08 Å². The summed E-state index contributed by atoms with van der Waals surface area (Å²) < 4.78 is 35.9. The van der Waals surface area contributed by atoms with Gasteiger partial charge >= 0.3 is 0 Å². The molecule has 0 saturated carbocycles. The lowest BCUT2D eigenvalue weighted by atomic mass is 10.1. The molecule has 0 bridgehead atoms. The molecular formula is C28H37FN2O5. The minimum atomic E-state index is -0.371. The second-order valence-electron chi connectivity index (χ2n) is 9.08. The normalized spacial score (nSPS) is 16.1.